The van der Waals surface area contributed by atoms with Gasteiger partial charge in [-0.2, -0.15) is 5.10 Å². The molecule has 3 N–H and O–H groups in total. The Kier molecular flexibility index (Phi) is 10.0. The SMILES string of the molecule is Cc1nn(C)cc1C(=O)N1CCCNC(=O)c2csc(n2)[C@H](C(C)C)NC(=O)c2csc(n2)[C@H](Cc2ccccc2)NC(=O)C1. The van der Waals surface area contributed by atoms with Crippen LogP contribution in [0.1, 0.15) is 85.0 Å². The Balaban J connectivity index is 1.48. The lowest BCUT2D eigenvalue weighted by atomic mass is 10.0. The van der Waals surface area contributed by atoms with E-state index in [0.717, 1.165) is 5.56 Å². The fourth-order valence-corrected chi connectivity index (χ4v) is 6.94. The van der Waals surface area contributed by atoms with Crippen molar-refractivity contribution in [3.8, 4) is 0 Å². The fourth-order valence-electron chi connectivity index (χ4n) is 5.07. The highest BCUT2D eigenvalue weighted by atomic mass is 32.1. The highest BCUT2D eigenvalue weighted by Gasteiger charge is 2.28. The minimum absolute atomic E-state index is 0.000291. The van der Waals surface area contributed by atoms with Gasteiger partial charge in [0.1, 0.15) is 21.4 Å². The van der Waals surface area contributed by atoms with E-state index in [-0.39, 0.29) is 60.6 Å². The van der Waals surface area contributed by atoms with Crippen LogP contribution < -0.4 is 16.0 Å². The molecule has 2 atom stereocenters. The van der Waals surface area contributed by atoms with Gasteiger partial charge in [0.05, 0.1) is 29.9 Å². The maximum Gasteiger partial charge on any atom is 0.271 e. The number of aryl methyl sites for hydroxylation is 2. The predicted molar refractivity (Wildman–Crippen MR) is 171 cm³/mol. The van der Waals surface area contributed by atoms with Crippen LogP contribution in [0.2, 0.25) is 0 Å². The van der Waals surface area contributed by atoms with Crippen molar-refractivity contribution in [2.75, 3.05) is 19.6 Å². The Morgan fingerprint density at radius 3 is 2.38 bits per heavy atom. The molecule has 5 rings (SSSR count). The maximum atomic E-state index is 13.6. The number of amides is 4. The van der Waals surface area contributed by atoms with E-state index >= 15 is 0 Å². The molecule has 4 aromatic rings. The van der Waals surface area contributed by atoms with Crippen LogP contribution in [0.15, 0.2) is 47.3 Å². The number of hydrogen-bond acceptors (Lipinski definition) is 9. The summed E-state index contributed by atoms with van der Waals surface area (Å²) in [5.74, 6) is -1.42. The third kappa shape index (κ3) is 7.81. The van der Waals surface area contributed by atoms with Crippen molar-refractivity contribution in [1.29, 1.82) is 0 Å². The Bertz CT molecular complexity index is 1680. The number of nitrogens with one attached hydrogen (secondary N) is 3. The van der Waals surface area contributed by atoms with Crippen LogP contribution in [0.5, 0.6) is 0 Å². The van der Waals surface area contributed by atoms with Gasteiger partial charge in [-0.05, 0) is 31.2 Å². The van der Waals surface area contributed by atoms with Crippen LogP contribution >= 0.6 is 22.7 Å². The summed E-state index contributed by atoms with van der Waals surface area (Å²) < 4.78 is 1.56. The molecule has 1 aromatic carbocycles. The van der Waals surface area contributed by atoms with E-state index in [1.54, 1.807) is 35.6 Å². The summed E-state index contributed by atoms with van der Waals surface area (Å²) in [4.78, 5) is 64.1. The Morgan fingerprint density at radius 2 is 1.69 bits per heavy atom. The summed E-state index contributed by atoms with van der Waals surface area (Å²) in [6, 6.07) is 8.74. The van der Waals surface area contributed by atoms with Gasteiger partial charge in [-0.15, -0.1) is 22.7 Å². The molecule has 0 radical (unpaired) electrons. The summed E-state index contributed by atoms with van der Waals surface area (Å²) in [6.45, 7) is 5.97. The molecule has 0 aliphatic carbocycles. The molecule has 236 valence electrons. The molecule has 4 amide bonds. The van der Waals surface area contributed by atoms with Gasteiger partial charge >= 0.3 is 0 Å². The third-order valence-electron chi connectivity index (χ3n) is 7.40. The van der Waals surface area contributed by atoms with Crippen LogP contribution in [0.3, 0.4) is 0 Å². The van der Waals surface area contributed by atoms with Gasteiger partial charge in [0.15, 0.2) is 0 Å². The quantitative estimate of drug-likeness (QED) is 0.307. The van der Waals surface area contributed by atoms with E-state index in [1.165, 1.54) is 27.6 Å². The second-order valence-electron chi connectivity index (χ2n) is 11.3. The van der Waals surface area contributed by atoms with E-state index in [9.17, 15) is 19.2 Å². The van der Waals surface area contributed by atoms with E-state index in [0.29, 0.717) is 34.1 Å². The Labute approximate surface area is 269 Å². The van der Waals surface area contributed by atoms with Gasteiger partial charge in [-0.1, -0.05) is 44.2 Å². The zero-order valence-corrected chi connectivity index (χ0v) is 27.2. The van der Waals surface area contributed by atoms with E-state index in [1.807, 2.05) is 44.2 Å². The number of rotatable bonds is 4. The summed E-state index contributed by atoms with van der Waals surface area (Å²) in [5.41, 5.74) is 2.42. The maximum absolute atomic E-state index is 13.6. The molecular weight excluding hydrogens is 613 g/mol. The van der Waals surface area contributed by atoms with Crippen molar-refractivity contribution in [1.82, 2.24) is 40.6 Å². The first kappa shape index (κ1) is 32.0. The fraction of sp³-hybridized carbons (Fsp3) is 0.387. The summed E-state index contributed by atoms with van der Waals surface area (Å²) in [5, 5.41) is 17.8. The molecule has 0 saturated carbocycles. The van der Waals surface area contributed by atoms with Crippen molar-refractivity contribution in [2.24, 2.45) is 13.0 Å². The molecule has 4 bridgehead atoms. The molecule has 12 nitrogen and oxygen atoms in total. The summed E-state index contributed by atoms with van der Waals surface area (Å²) >= 11 is 2.60. The highest BCUT2D eigenvalue weighted by molar-refractivity contribution is 7.10. The lowest BCUT2D eigenvalue weighted by molar-refractivity contribution is -0.122. The van der Waals surface area contributed by atoms with Gasteiger partial charge in [0.25, 0.3) is 17.7 Å². The Hall–Kier alpha value is -4.43. The minimum atomic E-state index is -0.535. The van der Waals surface area contributed by atoms with Crippen LogP contribution in [-0.2, 0) is 18.3 Å². The first-order valence-corrected chi connectivity index (χ1v) is 16.5. The summed E-state index contributed by atoms with van der Waals surface area (Å²) in [6.07, 6.45) is 2.49. The number of carbonyl (C=O) groups excluding carboxylic acids is 4. The van der Waals surface area contributed by atoms with Gasteiger partial charge in [0.2, 0.25) is 5.91 Å². The van der Waals surface area contributed by atoms with Crippen LogP contribution in [0.25, 0.3) is 0 Å². The zero-order valence-electron chi connectivity index (χ0n) is 25.6. The van der Waals surface area contributed by atoms with Gasteiger partial charge in [-0.25, -0.2) is 9.97 Å². The normalized spacial score (nSPS) is 18.4. The molecule has 14 heteroatoms. The molecule has 1 aliphatic heterocycles. The molecule has 1 aliphatic rings. The third-order valence-corrected chi connectivity index (χ3v) is 9.29. The average Bonchev–Trinajstić information content (AvgIpc) is 3.77. The standard InChI is InChI=1S/C31H36N8O4S2/c1-18(2)26-30-35-23(16-45-30)27(41)32-11-8-12-39(31(43)21-14-38(4)37-19(21)3)15-25(40)33-22(13-20-9-6-5-7-10-20)29-34-24(17-44-29)28(42)36-26/h5-7,9-10,14,16-18,22,26H,8,11-13,15H2,1-4H3,(H,32,41)(H,33,40)(H,36,42)/t22-,26-/m0/s1. The molecular formula is C31H36N8O4S2. The van der Waals surface area contributed by atoms with Crippen LogP contribution in [0, 0.1) is 12.8 Å². The van der Waals surface area contributed by atoms with Crippen molar-refractivity contribution in [3.63, 3.8) is 0 Å². The number of nitrogens with zero attached hydrogens (tertiary/aromatic N) is 5. The number of carbonyl (C=O) groups is 4. The molecule has 3 aromatic heterocycles. The first-order chi connectivity index (χ1) is 21.6. The smallest absolute Gasteiger partial charge is 0.271 e. The van der Waals surface area contributed by atoms with E-state index < -0.39 is 12.1 Å². The molecule has 0 fully saturated rings. The number of fused-ring (bicyclic) bond motifs is 4. The van der Waals surface area contributed by atoms with Gasteiger partial charge < -0.3 is 20.9 Å². The topological polar surface area (TPSA) is 151 Å². The number of thiazole rings is 2. The first-order valence-electron chi connectivity index (χ1n) is 14.7. The molecule has 45 heavy (non-hydrogen) atoms. The molecule has 0 unspecified atom stereocenters. The largest absolute Gasteiger partial charge is 0.351 e. The van der Waals surface area contributed by atoms with E-state index in [4.69, 9.17) is 0 Å². The van der Waals surface area contributed by atoms with Gasteiger partial charge in [-0.3, -0.25) is 23.9 Å². The lowest BCUT2D eigenvalue weighted by Gasteiger charge is -2.24. The second kappa shape index (κ2) is 14.1. The number of hydrogen-bond donors (Lipinski definition) is 3. The van der Waals surface area contributed by atoms with Crippen molar-refractivity contribution < 1.29 is 19.2 Å². The molecule has 4 heterocycles. The number of benzene rings is 1. The minimum Gasteiger partial charge on any atom is -0.351 e. The van der Waals surface area contributed by atoms with Crippen molar-refractivity contribution in [2.45, 2.75) is 45.7 Å². The van der Waals surface area contributed by atoms with Crippen LogP contribution in [-0.4, -0.2) is 67.9 Å². The van der Waals surface area contributed by atoms with Crippen molar-refractivity contribution >= 4 is 46.3 Å². The zero-order chi connectivity index (χ0) is 32.1. The molecule has 0 spiro atoms. The second-order valence-corrected chi connectivity index (χ2v) is 13.1. The summed E-state index contributed by atoms with van der Waals surface area (Å²) in [7, 11) is 1.73. The van der Waals surface area contributed by atoms with Crippen LogP contribution in [0.4, 0.5) is 0 Å². The molecule has 0 saturated heterocycles. The lowest BCUT2D eigenvalue weighted by Crippen LogP contribution is -2.43. The highest BCUT2D eigenvalue weighted by Crippen LogP contribution is 2.27. The van der Waals surface area contributed by atoms with E-state index in [2.05, 4.69) is 31.0 Å². The Morgan fingerprint density at radius 1 is 1.00 bits per heavy atom. The number of aromatic nitrogens is 4. The average molecular weight is 649 g/mol. The van der Waals surface area contributed by atoms with Crippen molar-refractivity contribution in [3.05, 3.63) is 85.5 Å². The predicted octanol–water partition coefficient (Wildman–Crippen LogP) is 3.44. The van der Waals surface area contributed by atoms with Gasteiger partial charge in [0, 0.05) is 37.1 Å². The monoisotopic (exact) mass is 648 g/mol.